The van der Waals surface area contributed by atoms with Crippen LogP contribution in [0.4, 0.5) is 0 Å². The Morgan fingerprint density at radius 3 is 2.67 bits per heavy atom. The van der Waals surface area contributed by atoms with Gasteiger partial charge in [-0.1, -0.05) is 30.3 Å². The minimum atomic E-state index is -0.345. The van der Waals surface area contributed by atoms with E-state index in [4.69, 9.17) is 0 Å². The summed E-state index contributed by atoms with van der Waals surface area (Å²) in [4.78, 5) is 34.8. The number of benzene rings is 1. The third-order valence-electron chi connectivity index (χ3n) is 5.56. The monoisotopic (exact) mass is 399 g/mol. The van der Waals surface area contributed by atoms with Gasteiger partial charge in [0, 0.05) is 43.3 Å². The molecule has 0 aliphatic heterocycles. The number of rotatable bonds is 5. The minimum Gasteiger partial charge on any atom is -0.348 e. The molecule has 1 N–H and O–H groups in total. The summed E-state index contributed by atoms with van der Waals surface area (Å²) in [7, 11) is 0. The molecule has 1 aromatic carbocycles. The molecule has 1 saturated carbocycles. The Morgan fingerprint density at radius 1 is 1.17 bits per heavy atom. The number of pyridine rings is 1. The molecule has 7 heteroatoms. The van der Waals surface area contributed by atoms with Crippen LogP contribution in [0.2, 0.25) is 0 Å². The van der Waals surface area contributed by atoms with Gasteiger partial charge in [0.25, 0.3) is 5.91 Å². The van der Waals surface area contributed by atoms with Gasteiger partial charge in [-0.25, -0.2) is 4.98 Å². The van der Waals surface area contributed by atoms with Crippen LogP contribution in [0.5, 0.6) is 0 Å². The first kappa shape index (κ1) is 18.3. The van der Waals surface area contributed by atoms with Crippen LogP contribution >= 0.6 is 0 Å². The van der Waals surface area contributed by atoms with E-state index in [1.165, 1.54) is 11.8 Å². The Labute approximate surface area is 173 Å². The number of aromatic nitrogens is 4. The van der Waals surface area contributed by atoms with Crippen LogP contribution < -0.4 is 10.7 Å². The average molecular weight is 399 g/mol. The summed E-state index contributed by atoms with van der Waals surface area (Å²) in [5.74, 6) is 0.438. The summed E-state index contributed by atoms with van der Waals surface area (Å²) in [5.41, 5.74) is 1.51. The zero-order valence-electron chi connectivity index (χ0n) is 16.5. The highest BCUT2D eigenvalue weighted by atomic mass is 16.2. The van der Waals surface area contributed by atoms with Crippen molar-refractivity contribution < 1.29 is 4.79 Å². The van der Waals surface area contributed by atoms with Crippen LogP contribution in [0.25, 0.3) is 17.0 Å². The van der Waals surface area contributed by atoms with Crippen molar-refractivity contribution in [3.8, 4) is 5.95 Å². The Morgan fingerprint density at radius 2 is 1.93 bits per heavy atom. The molecule has 1 aliphatic carbocycles. The molecule has 0 bridgehead atoms. The number of fused-ring (bicyclic) bond motifs is 1. The molecule has 0 radical (unpaired) electrons. The smallest absolute Gasteiger partial charge is 0.257 e. The Balaban J connectivity index is 1.46. The summed E-state index contributed by atoms with van der Waals surface area (Å²) < 4.78 is 3.60. The second kappa shape index (κ2) is 7.26. The molecule has 2 atom stereocenters. The van der Waals surface area contributed by atoms with Gasteiger partial charge < -0.3 is 9.88 Å². The van der Waals surface area contributed by atoms with E-state index in [1.807, 2.05) is 54.2 Å². The lowest BCUT2D eigenvalue weighted by atomic mass is 10.1. The van der Waals surface area contributed by atoms with Crippen molar-refractivity contribution >= 4 is 16.9 Å². The van der Waals surface area contributed by atoms with Crippen molar-refractivity contribution in [2.45, 2.75) is 31.8 Å². The van der Waals surface area contributed by atoms with Gasteiger partial charge in [-0.05, 0) is 31.0 Å². The summed E-state index contributed by atoms with van der Waals surface area (Å²) in [5, 5.41) is 3.36. The van der Waals surface area contributed by atoms with Crippen LogP contribution in [0, 0.1) is 0 Å². The van der Waals surface area contributed by atoms with Gasteiger partial charge in [-0.2, -0.15) is 4.98 Å². The van der Waals surface area contributed by atoms with E-state index in [1.54, 1.807) is 10.8 Å². The third kappa shape index (κ3) is 3.18. The molecule has 3 heterocycles. The predicted octanol–water partition coefficient (Wildman–Crippen LogP) is 2.89. The van der Waals surface area contributed by atoms with Gasteiger partial charge in [0.1, 0.15) is 11.2 Å². The quantitative estimate of drug-likeness (QED) is 0.559. The highest BCUT2D eigenvalue weighted by Crippen LogP contribution is 2.40. The minimum absolute atomic E-state index is 0.0532. The second-order valence-corrected chi connectivity index (χ2v) is 7.49. The summed E-state index contributed by atoms with van der Waals surface area (Å²) in [6, 6.07) is 13.9. The van der Waals surface area contributed by atoms with E-state index in [0.717, 1.165) is 6.42 Å². The molecular formula is C23H21N5O2. The predicted molar refractivity (Wildman–Crippen MR) is 114 cm³/mol. The van der Waals surface area contributed by atoms with Crippen molar-refractivity contribution in [3.63, 3.8) is 0 Å². The molecule has 7 nitrogen and oxygen atoms in total. The fraction of sp³-hybridized carbons (Fsp3) is 0.217. The Kier molecular flexibility index (Phi) is 4.43. The SMILES string of the molecule is CCn1cc(C(=O)NC2CC2c2ccccc2)c(=O)c2cnc(-n3cccc3)nc21. The molecular weight excluding hydrogens is 378 g/mol. The number of aryl methyl sites for hydroxylation is 1. The summed E-state index contributed by atoms with van der Waals surface area (Å²) >= 11 is 0. The van der Waals surface area contributed by atoms with Gasteiger partial charge in [-0.15, -0.1) is 0 Å². The number of nitrogens with zero attached hydrogens (tertiary/aromatic N) is 4. The van der Waals surface area contributed by atoms with Gasteiger partial charge in [0.05, 0.1) is 5.39 Å². The molecule has 30 heavy (non-hydrogen) atoms. The molecule has 3 aromatic heterocycles. The highest BCUT2D eigenvalue weighted by molar-refractivity contribution is 5.97. The number of hydrogen-bond donors (Lipinski definition) is 1. The largest absolute Gasteiger partial charge is 0.348 e. The molecule has 1 aliphatic rings. The fourth-order valence-electron chi connectivity index (χ4n) is 3.83. The third-order valence-corrected chi connectivity index (χ3v) is 5.56. The zero-order chi connectivity index (χ0) is 20.7. The van der Waals surface area contributed by atoms with Gasteiger partial charge >= 0.3 is 0 Å². The number of hydrogen-bond acceptors (Lipinski definition) is 4. The standard InChI is InChI=1S/C23H21N5O2/c1-2-27-14-18(22(30)25-19-12-16(19)15-8-4-3-5-9-15)20(29)17-13-24-23(26-21(17)27)28-10-6-7-11-28/h3-11,13-14,16,19H,2,12H2,1H3,(H,25,30). The average Bonchev–Trinajstić information content (AvgIpc) is 3.32. The van der Waals surface area contributed by atoms with Crippen molar-refractivity contribution in [2.75, 3.05) is 0 Å². The maximum absolute atomic E-state index is 13.0. The molecule has 0 spiro atoms. The van der Waals surface area contributed by atoms with Crippen LogP contribution in [-0.4, -0.2) is 31.1 Å². The molecule has 1 fully saturated rings. The van der Waals surface area contributed by atoms with E-state index in [0.29, 0.717) is 29.4 Å². The van der Waals surface area contributed by atoms with Crippen molar-refractivity contribution in [1.29, 1.82) is 0 Å². The summed E-state index contributed by atoms with van der Waals surface area (Å²) in [6.07, 6.45) is 7.68. The Hall–Kier alpha value is -3.74. The molecule has 2 unspecified atom stereocenters. The fourth-order valence-corrected chi connectivity index (χ4v) is 3.83. The van der Waals surface area contributed by atoms with Crippen LogP contribution in [0.1, 0.15) is 35.2 Å². The Bertz CT molecular complexity index is 1280. The van der Waals surface area contributed by atoms with Gasteiger partial charge in [0.15, 0.2) is 0 Å². The van der Waals surface area contributed by atoms with E-state index < -0.39 is 0 Å². The molecule has 4 aromatic rings. The number of amides is 1. The van der Waals surface area contributed by atoms with E-state index in [9.17, 15) is 9.59 Å². The summed E-state index contributed by atoms with van der Waals surface area (Å²) in [6.45, 7) is 2.53. The molecule has 0 saturated heterocycles. The number of carbonyl (C=O) groups is 1. The van der Waals surface area contributed by atoms with E-state index >= 15 is 0 Å². The van der Waals surface area contributed by atoms with Crippen LogP contribution in [0.3, 0.4) is 0 Å². The van der Waals surface area contributed by atoms with Crippen LogP contribution in [-0.2, 0) is 6.54 Å². The molecule has 5 rings (SSSR count). The first-order valence-corrected chi connectivity index (χ1v) is 10.0. The molecule has 150 valence electrons. The number of nitrogens with one attached hydrogen (secondary N) is 1. The maximum Gasteiger partial charge on any atom is 0.257 e. The molecule has 1 amide bonds. The first-order chi connectivity index (χ1) is 14.7. The van der Waals surface area contributed by atoms with Crippen molar-refractivity contribution in [2.24, 2.45) is 0 Å². The second-order valence-electron chi connectivity index (χ2n) is 7.49. The normalized spacial score (nSPS) is 17.8. The lowest BCUT2D eigenvalue weighted by molar-refractivity contribution is 0.0948. The van der Waals surface area contributed by atoms with Crippen molar-refractivity contribution in [3.05, 3.63) is 88.6 Å². The topological polar surface area (TPSA) is 81.8 Å². The number of carbonyl (C=O) groups excluding carboxylic acids is 1. The van der Waals surface area contributed by atoms with Crippen LogP contribution in [0.15, 0.2) is 72.0 Å². The van der Waals surface area contributed by atoms with Crippen molar-refractivity contribution in [1.82, 2.24) is 24.4 Å². The first-order valence-electron chi connectivity index (χ1n) is 10.0. The highest BCUT2D eigenvalue weighted by Gasteiger charge is 2.39. The lowest BCUT2D eigenvalue weighted by Gasteiger charge is -2.12. The van der Waals surface area contributed by atoms with Gasteiger partial charge in [-0.3, -0.25) is 14.2 Å². The maximum atomic E-state index is 13.0. The zero-order valence-corrected chi connectivity index (χ0v) is 16.5. The van der Waals surface area contributed by atoms with E-state index in [-0.39, 0.29) is 22.9 Å². The van der Waals surface area contributed by atoms with E-state index in [2.05, 4.69) is 27.4 Å². The lowest BCUT2D eigenvalue weighted by Crippen LogP contribution is -2.32. The van der Waals surface area contributed by atoms with Gasteiger partial charge in [0.2, 0.25) is 11.4 Å².